The second kappa shape index (κ2) is 7.37. The molecule has 0 aromatic heterocycles. The maximum atomic E-state index is 10.7. The van der Waals surface area contributed by atoms with E-state index >= 15 is 0 Å². The summed E-state index contributed by atoms with van der Waals surface area (Å²) in [7, 11) is 1.27. The van der Waals surface area contributed by atoms with Crippen molar-refractivity contribution in [2.24, 2.45) is 0 Å². The Balaban J connectivity index is 2.37. The summed E-state index contributed by atoms with van der Waals surface area (Å²) >= 11 is 0. The van der Waals surface area contributed by atoms with Gasteiger partial charge in [0.15, 0.2) is 0 Å². The van der Waals surface area contributed by atoms with E-state index in [4.69, 9.17) is 4.74 Å². The van der Waals surface area contributed by atoms with E-state index in [1.54, 1.807) is 12.1 Å². The van der Waals surface area contributed by atoms with Gasteiger partial charge < -0.3 is 14.6 Å². The number of carbonyl (C=O) groups excluding carboxylic acids is 1. The molecule has 0 saturated heterocycles. The van der Waals surface area contributed by atoms with Gasteiger partial charge in [0.25, 0.3) is 0 Å². The van der Waals surface area contributed by atoms with Crippen LogP contribution in [-0.2, 0) is 15.9 Å². The third-order valence-electron chi connectivity index (χ3n) is 2.58. The zero-order valence-corrected chi connectivity index (χ0v) is 10.7. The van der Waals surface area contributed by atoms with Crippen LogP contribution in [0.25, 0.3) is 0 Å². The van der Waals surface area contributed by atoms with Crippen molar-refractivity contribution in [1.29, 1.82) is 0 Å². The molecule has 0 bridgehead atoms. The van der Waals surface area contributed by atoms with Gasteiger partial charge in [-0.2, -0.15) is 0 Å². The van der Waals surface area contributed by atoms with Gasteiger partial charge in [-0.1, -0.05) is 23.8 Å². The number of aromatic hydroxyl groups is 1. The first-order chi connectivity index (χ1) is 8.63. The molecule has 1 aromatic rings. The van der Waals surface area contributed by atoms with Gasteiger partial charge in [-0.15, -0.1) is 0 Å². The first-order valence-corrected chi connectivity index (χ1v) is 5.76. The lowest BCUT2D eigenvalue weighted by molar-refractivity contribution is 0.0816. The molecule has 4 heteroatoms. The second-order valence-corrected chi connectivity index (χ2v) is 3.94. The van der Waals surface area contributed by atoms with Crippen LogP contribution in [0.5, 0.6) is 5.75 Å². The lowest BCUT2D eigenvalue weighted by Crippen LogP contribution is -2.04. The minimum atomic E-state index is -0.681. The minimum Gasteiger partial charge on any atom is -0.508 e. The van der Waals surface area contributed by atoms with Crippen molar-refractivity contribution in [2.45, 2.75) is 19.8 Å². The molecule has 0 spiro atoms. The van der Waals surface area contributed by atoms with Gasteiger partial charge in [0, 0.05) is 0 Å². The molecule has 0 atom stereocenters. The first-order valence-electron chi connectivity index (χ1n) is 5.76. The Hall–Kier alpha value is -1.97. The number of allylic oxidation sites excluding steroid dienone is 1. The van der Waals surface area contributed by atoms with Gasteiger partial charge in [-0.3, -0.25) is 0 Å². The third kappa shape index (κ3) is 4.91. The molecular weight excluding hydrogens is 232 g/mol. The Morgan fingerprint density at radius 3 is 2.78 bits per heavy atom. The lowest BCUT2D eigenvalue weighted by Gasteiger charge is -2.05. The number of rotatable bonds is 5. The van der Waals surface area contributed by atoms with Gasteiger partial charge in [0.1, 0.15) is 12.4 Å². The number of benzene rings is 1. The average Bonchev–Trinajstić information content (AvgIpc) is 2.37. The number of ether oxygens (including phenoxy) is 2. The van der Waals surface area contributed by atoms with E-state index in [9.17, 15) is 9.90 Å². The van der Waals surface area contributed by atoms with E-state index in [1.165, 1.54) is 7.11 Å². The molecule has 1 N–H and O–H groups in total. The molecule has 0 aliphatic rings. The fraction of sp³-hybridized carbons (Fsp3) is 0.357. The van der Waals surface area contributed by atoms with Crippen LogP contribution in [0, 0.1) is 0 Å². The predicted molar refractivity (Wildman–Crippen MR) is 68.5 cm³/mol. The minimum absolute atomic E-state index is 0.208. The predicted octanol–water partition coefficient (Wildman–Crippen LogP) is 3.05. The zero-order valence-electron chi connectivity index (χ0n) is 10.7. The largest absolute Gasteiger partial charge is 0.508 e. The van der Waals surface area contributed by atoms with Crippen LogP contribution in [0.4, 0.5) is 4.79 Å². The van der Waals surface area contributed by atoms with Gasteiger partial charge in [-0.25, -0.2) is 4.79 Å². The number of phenols is 1. The quantitative estimate of drug-likeness (QED) is 0.644. The number of para-hydroxylation sites is 1. The number of phenolic OH excluding ortho intramolecular Hbond substituents is 1. The van der Waals surface area contributed by atoms with Crippen LogP contribution in [0.3, 0.4) is 0 Å². The van der Waals surface area contributed by atoms with Gasteiger partial charge in [-0.05, 0) is 37.5 Å². The molecule has 18 heavy (non-hydrogen) atoms. The number of aryl methyl sites for hydroxylation is 1. The Labute approximate surface area is 107 Å². The first kappa shape index (κ1) is 14.1. The van der Waals surface area contributed by atoms with Crippen LogP contribution < -0.4 is 0 Å². The van der Waals surface area contributed by atoms with Crippen molar-refractivity contribution in [3.8, 4) is 5.75 Å². The molecule has 0 fully saturated rings. The molecule has 4 nitrogen and oxygen atoms in total. The third-order valence-corrected chi connectivity index (χ3v) is 2.58. The molecule has 0 aliphatic heterocycles. The Morgan fingerprint density at radius 1 is 1.39 bits per heavy atom. The van der Waals surface area contributed by atoms with Crippen LogP contribution in [0.2, 0.25) is 0 Å². The Bertz CT molecular complexity index is 424. The molecule has 1 aromatic carbocycles. The van der Waals surface area contributed by atoms with Crippen LogP contribution in [0.15, 0.2) is 35.9 Å². The molecule has 0 saturated carbocycles. The maximum absolute atomic E-state index is 10.7. The van der Waals surface area contributed by atoms with E-state index in [1.807, 2.05) is 25.1 Å². The lowest BCUT2D eigenvalue weighted by atomic mass is 10.0. The van der Waals surface area contributed by atoms with Gasteiger partial charge in [0.05, 0.1) is 7.11 Å². The van der Waals surface area contributed by atoms with Crippen LogP contribution in [0.1, 0.15) is 18.9 Å². The van der Waals surface area contributed by atoms with E-state index in [0.29, 0.717) is 5.75 Å². The molecule has 0 heterocycles. The molecule has 98 valence electrons. The standard InChI is InChI=1S/C14H18O4/c1-11(9-10-18-14(16)17-2)7-8-12-5-3-4-6-13(12)15/h3-6,9,15H,7-8,10H2,1-2H3/b11-9+. The molecule has 0 aliphatic carbocycles. The summed E-state index contributed by atoms with van der Waals surface area (Å²) in [4.78, 5) is 10.7. The zero-order chi connectivity index (χ0) is 13.4. The van der Waals surface area contributed by atoms with E-state index in [-0.39, 0.29) is 6.61 Å². The van der Waals surface area contributed by atoms with E-state index in [0.717, 1.165) is 24.0 Å². The Kier molecular flexibility index (Phi) is 5.77. The summed E-state index contributed by atoms with van der Waals surface area (Å²) in [6.07, 6.45) is 2.71. The van der Waals surface area contributed by atoms with Crippen LogP contribution in [-0.4, -0.2) is 25.0 Å². The fourth-order valence-electron chi connectivity index (χ4n) is 1.47. The number of carbonyl (C=O) groups is 1. The van der Waals surface area contributed by atoms with Gasteiger partial charge >= 0.3 is 6.16 Å². The van der Waals surface area contributed by atoms with Crippen LogP contribution >= 0.6 is 0 Å². The molecule has 1 rings (SSSR count). The van der Waals surface area contributed by atoms with Crippen molar-refractivity contribution in [3.63, 3.8) is 0 Å². The highest BCUT2D eigenvalue weighted by Gasteiger charge is 2.01. The maximum Gasteiger partial charge on any atom is 0.508 e. The number of hydrogen-bond acceptors (Lipinski definition) is 4. The normalized spacial score (nSPS) is 11.1. The average molecular weight is 250 g/mol. The summed E-state index contributed by atoms with van der Waals surface area (Å²) < 4.78 is 9.10. The van der Waals surface area contributed by atoms with Crippen molar-refractivity contribution in [2.75, 3.05) is 13.7 Å². The van der Waals surface area contributed by atoms with E-state index in [2.05, 4.69) is 4.74 Å². The topological polar surface area (TPSA) is 55.8 Å². The van der Waals surface area contributed by atoms with Crippen molar-refractivity contribution >= 4 is 6.16 Å². The van der Waals surface area contributed by atoms with Gasteiger partial charge in [0.2, 0.25) is 0 Å². The molecule has 0 radical (unpaired) electrons. The summed E-state index contributed by atoms with van der Waals surface area (Å²) in [5.41, 5.74) is 2.02. The summed E-state index contributed by atoms with van der Waals surface area (Å²) in [6, 6.07) is 7.27. The number of hydrogen-bond donors (Lipinski definition) is 1. The number of methoxy groups -OCH3 is 1. The highest BCUT2D eigenvalue weighted by molar-refractivity contribution is 5.59. The van der Waals surface area contributed by atoms with Crippen molar-refractivity contribution in [3.05, 3.63) is 41.5 Å². The monoisotopic (exact) mass is 250 g/mol. The highest BCUT2D eigenvalue weighted by Crippen LogP contribution is 2.18. The summed E-state index contributed by atoms with van der Waals surface area (Å²) in [5.74, 6) is 0.316. The molecular formula is C14H18O4. The van der Waals surface area contributed by atoms with Crippen molar-refractivity contribution in [1.82, 2.24) is 0 Å². The van der Waals surface area contributed by atoms with Crippen molar-refractivity contribution < 1.29 is 19.4 Å². The fourth-order valence-corrected chi connectivity index (χ4v) is 1.47. The smallest absolute Gasteiger partial charge is 0.508 e. The molecule has 0 unspecified atom stereocenters. The summed E-state index contributed by atoms with van der Waals surface area (Å²) in [5, 5.41) is 9.60. The Morgan fingerprint density at radius 2 is 2.11 bits per heavy atom. The second-order valence-electron chi connectivity index (χ2n) is 3.94. The summed E-state index contributed by atoms with van der Waals surface area (Å²) in [6.45, 7) is 2.17. The SMILES string of the molecule is COC(=O)OC/C=C(\C)CCc1ccccc1O. The van der Waals surface area contributed by atoms with E-state index < -0.39 is 6.16 Å². The molecule has 0 amide bonds. The highest BCUT2D eigenvalue weighted by atomic mass is 16.7.